The lowest BCUT2D eigenvalue weighted by molar-refractivity contribution is 0.102. The first kappa shape index (κ1) is 10.2. The van der Waals surface area contributed by atoms with Gasteiger partial charge in [-0.2, -0.15) is 0 Å². The van der Waals surface area contributed by atoms with Gasteiger partial charge in [-0.1, -0.05) is 17.7 Å². The Labute approximate surface area is 91.4 Å². The lowest BCUT2D eigenvalue weighted by Crippen LogP contribution is -2.13. The number of hydrogen-bond donors (Lipinski definition) is 2. The first-order valence-corrected chi connectivity index (χ1v) is 4.63. The second kappa shape index (κ2) is 4.01. The van der Waals surface area contributed by atoms with Crippen LogP contribution in [0.25, 0.3) is 0 Å². The molecule has 0 aliphatic carbocycles. The summed E-state index contributed by atoms with van der Waals surface area (Å²) in [5, 5.41) is 9.30. The molecule has 0 saturated carbocycles. The Morgan fingerprint density at radius 2 is 2.00 bits per heavy atom. The molecule has 0 aliphatic heterocycles. The van der Waals surface area contributed by atoms with Crippen LogP contribution in [0.15, 0.2) is 28.9 Å². The third-order valence-electron chi connectivity index (χ3n) is 2.06. The summed E-state index contributed by atoms with van der Waals surface area (Å²) in [6.07, 6.45) is 0. The molecule has 1 heterocycles. The number of carbonyl (C=O) groups is 1. The molecule has 16 heavy (non-hydrogen) atoms. The van der Waals surface area contributed by atoms with Gasteiger partial charge in [0.25, 0.3) is 5.91 Å². The van der Waals surface area contributed by atoms with Gasteiger partial charge in [-0.05, 0) is 29.4 Å². The molecular weight excluding hydrogens is 208 g/mol. The minimum Gasteiger partial charge on any atom is -0.378 e. The second-order valence-electron chi connectivity index (χ2n) is 3.32. The molecule has 2 rings (SSSR count). The van der Waals surface area contributed by atoms with E-state index in [1.54, 1.807) is 12.1 Å². The molecule has 82 valence electrons. The Hall–Kier alpha value is -2.37. The predicted octanol–water partition coefficient (Wildman–Crippen LogP) is 1.21. The lowest BCUT2D eigenvalue weighted by Gasteiger charge is -2.01. The van der Waals surface area contributed by atoms with Crippen molar-refractivity contribution in [1.82, 2.24) is 10.3 Å². The van der Waals surface area contributed by atoms with Gasteiger partial charge in [0.2, 0.25) is 11.6 Å². The molecule has 0 atom stereocenters. The van der Waals surface area contributed by atoms with E-state index in [4.69, 9.17) is 5.73 Å². The van der Waals surface area contributed by atoms with E-state index in [0.29, 0.717) is 5.56 Å². The molecule has 2 aromatic rings. The van der Waals surface area contributed by atoms with Crippen molar-refractivity contribution in [3.05, 3.63) is 35.4 Å². The normalized spacial score (nSPS) is 10.1. The molecular formula is C10H10N4O2. The van der Waals surface area contributed by atoms with Crippen LogP contribution in [0.1, 0.15) is 15.9 Å². The number of rotatable bonds is 2. The molecule has 6 heteroatoms. The van der Waals surface area contributed by atoms with Crippen LogP contribution in [0.2, 0.25) is 0 Å². The van der Waals surface area contributed by atoms with Crippen LogP contribution in [-0.2, 0) is 0 Å². The number of nitrogens with zero attached hydrogens (tertiary/aromatic N) is 2. The molecule has 0 saturated heterocycles. The van der Waals surface area contributed by atoms with Crippen LogP contribution in [0, 0.1) is 6.92 Å². The summed E-state index contributed by atoms with van der Waals surface area (Å²) in [6.45, 7) is 1.95. The van der Waals surface area contributed by atoms with Crippen molar-refractivity contribution in [3.63, 3.8) is 0 Å². The van der Waals surface area contributed by atoms with Crippen molar-refractivity contribution >= 4 is 17.5 Å². The molecule has 0 fully saturated rings. The Morgan fingerprint density at radius 1 is 1.31 bits per heavy atom. The van der Waals surface area contributed by atoms with Crippen LogP contribution >= 0.6 is 0 Å². The average molecular weight is 218 g/mol. The van der Waals surface area contributed by atoms with E-state index in [1.807, 2.05) is 19.1 Å². The van der Waals surface area contributed by atoms with E-state index in [2.05, 4.69) is 20.3 Å². The van der Waals surface area contributed by atoms with Crippen LogP contribution in [-0.4, -0.2) is 16.2 Å². The third kappa shape index (κ3) is 2.00. The maximum absolute atomic E-state index is 11.7. The molecule has 0 spiro atoms. The number of amides is 1. The fraction of sp³-hybridized carbons (Fsp3) is 0.100. The number of nitrogen functional groups attached to an aromatic ring is 1. The number of hydrogen-bond acceptors (Lipinski definition) is 5. The highest BCUT2D eigenvalue weighted by Crippen LogP contribution is 2.12. The Bertz CT molecular complexity index is 504. The van der Waals surface area contributed by atoms with Gasteiger partial charge in [0.1, 0.15) is 0 Å². The number of nitrogens with one attached hydrogen (secondary N) is 1. The second-order valence-corrected chi connectivity index (χ2v) is 3.32. The summed E-state index contributed by atoms with van der Waals surface area (Å²) in [5.74, 6) is -0.117. The zero-order valence-corrected chi connectivity index (χ0v) is 8.60. The maximum Gasteiger partial charge on any atom is 0.257 e. The fourth-order valence-corrected chi connectivity index (χ4v) is 1.17. The van der Waals surface area contributed by atoms with E-state index < -0.39 is 0 Å². The Kier molecular flexibility index (Phi) is 2.55. The molecule has 3 N–H and O–H groups in total. The van der Waals surface area contributed by atoms with Gasteiger partial charge in [-0.3, -0.25) is 4.79 Å². The van der Waals surface area contributed by atoms with Crippen molar-refractivity contribution in [2.24, 2.45) is 0 Å². The molecule has 0 bridgehead atoms. The summed E-state index contributed by atoms with van der Waals surface area (Å²) in [4.78, 5) is 11.7. The highest BCUT2D eigenvalue weighted by atomic mass is 16.6. The first-order valence-electron chi connectivity index (χ1n) is 4.63. The van der Waals surface area contributed by atoms with Gasteiger partial charge in [-0.25, -0.2) is 4.63 Å². The van der Waals surface area contributed by atoms with E-state index in [9.17, 15) is 4.79 Å². The molecule has 1 amide bonds. The number of aromatic nitrogens is 2. The lowest BCUT2D eigenvalue weighted by atomic mass is 10.1. The van der Waals surface area contributed by atoms with Crippen LogP contribution < -0.4 is 11.1 Å². The smallest absolute Gasteiger partial charge is 0.257 e. The molecule has 0 radical (unpaired) electrons. The molecule has 6 nitrogen and oxygen atoms in total. The van der Waals surface area contributed by atoms with Crippen LogP contribution in [0.5, 0.6) is 0 Å². The minimum absolute atomic E-state index is 0.0560. The minimum atomic E-state index is -0.303. The Morgan fingerprint density at radius 3 is 2.56 bits per heavy atom. The SMILES string of the molecule is Cc1ccc(C(=O)Nc2nonc2N)cc1. The van der Waals surface area contributed by atoms with E-state index in [1.165, 1.54) is 0 Å². The summed E-state index contributed by atoms with van der Waals surface area (Å²) in [7, 11) is 0. The highest BCUT2D eigenvalue weighted by molar-refractivity contribution is 6.04. The van der Waals surface area contributed by atoms with Crippen molar-refractivity contribution in [1.29, 1.82) is 0 Å². The number of aryl methyl sites for hydroxylation is 1. The zero-order chi connectivity index (χ0) is 11.5. The summed E-state index contributed by atoms with van der Waals surface area (Å²) >= 11 is 0. The quantitative estimate of drug-likeness (QED) is 0.790. The number of benzene rings is 1. The van der Waals surface area contributed by atoms with E-state index in [-0.39, 0.29) is 17.5 Å². The maximum atomic E-state index is 11.7. The number of nitrogens with two attached hydrogens (primary N) is 1. The van der Waals surface area contributed by atoms with Gasteiger partial charge < -0.3 is 11.1 Å². The van der Waals surface area contributed by atoms with Gasteiger partial charge in [0, 0.05) is 5.56 Å². The molecule has 1 aromatic heterocycles. The number of carbonyl (C=O) groups excluding carboxylic acids is 1. The van der Waals surface area contributed by atoms with Crippen molar-refractivity contribution < 1.29 is 9.42 Å². The van der Waals surface area contributed by atoms with E-state index in [0.717, 1.165) is 5.56 Å². The van der Waals surface area contributed by atoms with Crippen LogP contribution in [0.4, 0.5) is 11.6 Å². The monoisotopic (exact) mass is 218 g/mol. The zero-order valence-electron chi connectivity index (χ0n) is 8.60. The molecule has 0 unspecified atom stereocenters. The van der Waals surface area contributed by atoms with Gasteiger partial charge in [0.05, 0.1) is 0 Å². The highest BCUT2D eigenvalue weighted by Gasteiger charge is 2.11. The van der Waals surface area contributed by atoms with Gasteiger partial charge in [-0.15, -0.1) is 0 Å². The summed E-state index contributed by atoms with van der Waals surface area (Å²) < 4.78 is 4.36. The van der Waals surface area contributed by atoms with Gasteiger partial charge in [0.15, 0.2) is 0 Å². The topological polar surface area (TPSA) is 94.0 Å². The third-order valence-corrected chi connectivity index (χ3v) is 2.06. The summed E-state index contributed by atoms with van der Waals surface area (Å²) in [6, 6.07) is 7.13. The average Bonchev–Trinajstić information content (AvgIpc) is 2.65. The van der Waals surface area contributed by atoms with Crippen molar-refractivity contribution in [2.45, 2.75) is 6.92 Å². The van der Waals surface area contributed by atoms with Crippen LogP contribution in [0.3, 0.4) is 0 Å². The fourth-order valence-electron chi connectivity index (χ4n) is 1.17. The first-order chi connectivity index (χ1) is 7.66. The van der Waals surface area contributed by atoms with E-state index >= 15 is 0 Å². The van der Waals surface area contributed by atoms with Crippen molar-refractivity contribution in [3.8, 4) is 0 Å². The largest absolute Gasteiger partial charge is 0.378 e. The molecule has 1 aromatic carbocycles. The number of anilines is 2. The molecule has 0 aliphatic rings. The summed E-state index contributed by atoms with van der Waals surface area (Å²) in [5.41, 5.74) is 7.01. The van der Waals surface area contributed by atoms with Crippen molar-refractivity contribution in [2.75, 3.05) is 11.1 Å². The standard InChI is InChI=1S/C10H10N4O2/c1-6-2-4-7(5-3-6)10(15)12-9-8(11)13-16-14-9/h2-5H,1H3,(H2,11,13)(H,12,14,15). The Balaban J connectivity index is 2.15. The predicted molar refractivity (Wildman–Crippen MR) is 57.8 cm³/mol. The van der Waals surface area contributed by atoms with Gasteiger partial charge >= 0.3 is 0 Å².